The second kappa shape index (κ2) is 11.9. The smallest absolute Gasteiger partial charge is 0.452 e. The Morgan fingerprint density at radius 3 is 1.91 bits per heavy atom. The van der Waals surface area contributed by atoms with E-state index in [4.69, 9.17) is 0 Å². The average Bonchev–Trinajstić information content (AvgIpc) is 2.81. The summed E-state index contributed by atoms with van der Waals surface area (Å²) in [4.78, 5) is 0. The van der Waals surface area contributed by atoms with Crippen molar-refractivity contribution < 1.29 is 22.3 Å². The number of benzene rings is 2. The summed E-state index contributed by atoms with van der Waals surface area (Å²) < 4.78 is 53.9. The molecule has 1 nitrogen and oxygen atoms in total. The maximum Gasteiger partial charge on any atom is 0.457 e. The quantitative estimate of drug-likeness (QED) is 0.221. The Hall–Kier alpha value is -2.74. The molecule has 0 heterocycles. The van der Waals surface area contributed by atoms with Crippen molar-refractivity contribution >= 4 is 0 Å². The van der Waals surface area contributed by atoms with Crippen molar-refractivity contribution in [2.24, 2.45) is 11.8 Å². The van der Waals surface area contributed by atoms with Gasteiger partial charge in [-0.05, 0) is 79.5 Å². The van der Waals surface area contributed by atoms with Gasteiger partial charge in [-0.1, -0.05) is 55.7 Å². The zero-order valence-corrected chi connectivity index (χ0v) is 18.7. The van der Waals surface area contributed by atoms with Gasteiger partial charge < -0.3 is 4.74 Å². The number of alkyl halides is 4. The fourth-order valence-corrected chi connectivity index (χ4v) is 4.24. The standard InChI is InChI=1S/C28H30F4O/c1-2-3-4-21-5-7-22(8-6-21)9-10-23-11-13-24(14-12-23)15-16-25-17-19-26(20-18-25)33-27(29)28(30,31)32/h2,11-14,17-22,27H,1,3-10H2. The van der Waals surface area contributed by atoms with Gasteiger partial charge in [-0.3, -0.25) is 0 Å². The predicted octanol–water partition coefficient (Wildman–Crippen LogP) is 8.03. The number of ether oxygens (including phenoxy) is 1. The molecule has 1 saturated carbocycles. The minimum absolute atomic E-state index is 0.194. The van der Waals surface area contributed by atoms with Crippen LogP contribution in [0.25, 0.3) is 0 Å². The number of rotatable bonds is 8. The first kappa shape index (κ1) is 24.9. The van der Waals surface area contributed by atoms with E-state index in [9.17, 15) is 17.6 Å². The second-order valence-electron chi connectivity index (χ2n) is 8.74. The van der Waals surface area contributed by atoms with Crippen molar-refractivity contribution in [2.45, 2.75) is 63.9 Å². The summed E-state index contributed by atoms with van der Waals surface area (Å²) >= 11 is 0. The van der Waals surface area contributed by atoms with E-state index in [1.54, 1.807) is 0 Å². The zero-order valence-electron chi connectivity index (χ0n) is 18.7. The van der Waals surface area contributed by atoms with Crippen molar-refractivity contribution in [3.63, 3.8) is 0 Å². The van der Waals surface area contributed by atoms with Gasteiger partial charge in [0.15, 0.2) is 0 Å². The van der Waals surface area contributed by atoms with E-state index in [1.807, 2.05) is 18.2 Å². The van der Waals surface area contributed by atoms with E-state index < -0.39 is 12.5 Å². The maximum atomic E-state index is 12.9. The first-order valence-electron chi connectivity index (χ1n) is 11.5. The number of halogens is 4. The van der Waals surface area contributed by atoms with Crippen LogP contribution in [0.15, 0.2) is 61.2 Å². The van der Waals surface area contributed by atoms with Crippen molar-refractivity contribution in [3.05, 3.63) is 77.9 Å². The molecule has 1 unspecified atom stereocenters. The van der Waals surface area contributed by atoms with Gasteiger partial charge in [-0.2, -0.15) is 17.6 Å². The van der Waals surface area contributed by atoms with Crippen LogP contribution in [0.5, 0.6) is 5.75 Å². The fraction of sp³-hybridized carbons (Fsp3) is 0.429. The van der Waals surface area contributed by atoms with Crippen LogP contribution in [0, 0.1) is 23.7 Å². The minimum atomic E-state index is -5.05. The van der Waals surface area contributed by atoms with Crippen LogP contribution < -0.4 is 4.74 Å². The molecule has 0 radical (unpaired) electrons. The largest absolute Gasteiger partial charge is 0.457 e. The summed E-state index contributed by atoms with van der Waals surface area (Å²) in [6.07, 6.45) is 3.70. The molecule has 1 atom stereocenters. The zero-order chi connectivity index (χ0) is 23.7. The summed E-state index contributed by atoms with van der Waals surface area (Å²) in [5.41, 5.74) is 2.78. The van der Waals surface area contributed by atoms with Gasteiger partial charge in [0.25, 0.3) is 0 Å². The van der Waals surface area contributed by atoms with Crippen LogP contribution in [-0.2, 0) is 6.42 Å². The highest BCUT2D eigenvalue weighted by atomic mass is 19.4. The van der Waals surface area contributed by atoms with Crippen LogP contribution in [-0.4, -0.2) is 12.5 Å². The molecule has 0 amide bonds. The molecule has 1 aliphatic carbocycles. The van der Waals surface area contributed by atoms with Crippen LogP contribution >= 0.6 is 0 Å². The Bertz CT molecular complexity index is 927. The summed E-state index contributed by atoms with van der Waals surface area (Å²) in [6.45, 7) is 3.82. The van der Waals surface area contributed by atoms with Crippen LogP contribution in [0.4, 0.5) is 17.6 Å². The summed E-state index contributed by atoms with van der Waals surface area (Å²) in [5.74, 6) is 7.52. The third-order valence-electron chi connectivity index (χ3n) is 6.24. The SMILES string of the molecule is C=CCCC1CCC(CCc2ccc(C#Cc3ccc(OC(F)C(F)(F)F)cc3)cc2)CC1. The lowest BCUT2D eigenvalue weighted by molar-refractivity contribution is -0.236. The highest BCUT2D eigenvalue weighted by molar-refractivity contribution is 5.44. The number of aryl methyl sites for hydroxylation is 1. The molecule has 176 valence electrons. The third kappa shape index (κ3) is 8.28. The molecule has 1 fully saturated rings. The summed E-state index contributed by atoms with van der Waals surface area (Å²) in [7, 11) is 0. The molecule has 0 aliphatic heterocycles. The van der Waals surface area contributed by atoms with Crippen molar-refractivity contribution in [1.82, 2.24) is 0 Å². The third-order valence-corrected chi connectivity index (χ3v) is 6.24. The molecular weight excluding hydrogens is 428 g/mol. The number of allylic oxidation sites excluding steroid dienone is 1. The molecule has 3 rings (SSSR count). The van der Waals surface area contributed by atoms with Crippen molar-refractivity contribution in [3.8, 4) is 17.6 Å². The molecule has 33 heavy (non-hydrogen) atoms. The second-order valence-corrected chi connectivity index (χ2v) is 8.74. The molecule has 0 saturated heterocycles. The number of hydrogen-bond donors (Lipinski definition) is 0. The highest BCUT2D eigenvalue weighted by Gasteiger charge is 2.42. The fourth-order valence-electron chi connectivity index (χ4n) is 4.24. The Labute approximate surface area is 193 Å². The van der Waals surface area contributed by atoms with E-state index >= 15 is 0 Å². The first-order chi connectivity index (χ1) is 15.8. The van der Waals surface area contributed by atoms with E-state index in [-0.39, 0.29) is 5.75 Å². The molecule has 2 aromatic carbocycles. The minimum Gasteiger partial charge on any atom is -0.452 e. The monoisotopic (exact) mass is 458 g/mol. The topological polar surface area (TPSA) is 9.23 Å². The Balaban J connectivity index is 1.45. The molecule has 0 bridgehead atoms. The van der Waals surface area contributed by atoms with Crippen molar-refractivity contribution in [2.75, 3.05) is 0 Å². The molecule has 1 aliphatic rings. The van der Waals surface area contributed by atoms with E-state index in [2.05, 4.69) is 35.3 Å². The van der Waals surface area contributed by atoms with Crippen molar-refractivity contribution in [1.29, 1.82) is 0 Å². The lowest BCUT2D eigenvalue weighted by atomic mass is 9.78. The Morgan fingerprint density at radius 2 is 1.39 bits per heavy atom. The molecule has 0 aromatic heterocycles. The Morgan fingerprint density at radius 1 is 0.879 bits per heavy atom. The average molecular weight is 459 g/mol. The van der Waals surface area contributed by atoms with Gasteiger partial charge >= 0.3 is 12.5 Å². The maximum absolute atomic E-state index is 12.9. The van der Waals surface area contributed by atoms with E-state index in [0.717, 1.165) is 30.2 Å². The molecule has 0 spiro atoms. The van der Waals surface area contributed by atoms with E-state index in [0.29, 0.717) is 5.56 Å². The lowest BCUT2D eigenvalue weighted by Gasteiger charge is -2.28. The van der Waals surface area contributed by atoms with Crippen LogP contribution in [0.1, 0.15) is 61.6 Å². The van der Waals surface area contributed by atoms with Gasteiger partial charge in [-0.25, -0.2) is 0 Å². The highest BCUT2D eigenvalue weighted by Crippen LogP contribution is 2.34. The first-order valence-corrected chi connectivity index (χ1v) is 11.5. The molecular formula is C28H30F4O. The summed E-state index contributed by atoms with van der Waals surface area (Å²) in [6, 6.07) is 13.8. The normalized spacial score (nSPS) is 19.3. The van der Waals surface area contributed by atoms with Gasteiger partial charge in [-0.15, -0.1) is 6.58 Å². The van der Waals surface area contributed by atoms with Gasteiger partial charge in [0.2, 0.25) is 0 Å². The lowest BCUT2D eigenvalue weighted by Crippen LogP contribution is -2.29. The van der Waals surface area contributed by atoms with Gasteiger partial charge in [0.05, 0.1) is 0 Å². The predicted molar refractivity (Wildman–Crippen MR) is 124 cm³/mol. The van der Waals surface area contributed by atoms with Gasteiger partial charge in [0.1, 0.15) is 5.75 Å². The Kier molecular flexibility index (Phi) is 9.00. The molecule has 5 heteroatoms. The van der Waals surface area contributed by atoms with E-state index in [1.165, 1.54) is 68.4 Å². The summed E-state index contributed by atoms with van der Waals surface area (Å²) in [5, 5.41) is 0. The van der Waals surface area contributed by atoms with Crippen LogP contribution in [0.3, 0.4) is 0 Å². The van der Waals surface area contributed by atoms with Crippen LogP contribution in [0.2, 0.25) is 0 Å². The molecule has 2 aromatic rings. The van der Waals surface area contributed by atoms with Gasteiger partial charge in [0, 0.05) is 11.1 Å². The number of hydrogen-bond acceptors (Lipinski definition) is 1. The molecule has 0 N–H and O–H groups in total.